The van der Waals surface area contributed by atoms with Crippen molar-refractivity contribution in [1.82, 2.24) is 5.06 Å². The van der Waals surface area contributed by atoms with Crippen molar-refractivity contribution in [2.24, 2.45) is 0 Å². The highest BCUT2D eigenvalue weighted by atomic mass is 16.7. The summed E-state index contributed by atoms with van der Waals surface area (Å²) in [7, 11) is 2.91. The number of ether oxygens (including phenoxy) is 2. The molecule has 0 saturated heterocycles. The third-order valence-electron chi connectivity index (χ3n) is 2.34. The second-order valence-electron chi connectivity index (χ2n) is 3.28. The van der Waals surface area contributed by atoms with Gasteiger partial charge in [-0.1, -0.05) is 0 Å². The van der Waals surface area contributed by atoms with Crippen LogP contribution in [0.5, 0.6) is 11.5 Å². The molecule has 0 aromatic heterocycles. The highest BCUT2D eigenvalue weighted by Gasteiger charge is 2.21. The van der Waals surface area contributed by atoms with Gasteiger partial charge in [0.25, 0.3) is 5.91 Å². The molecular weight excluding hydrogens is 212 g/mol. The van der Waals surface area contributed by atoms with Gasteiger partial charge in [0.2, 0.25) is 6.79 Å². The third-order valence-corrected chi connectivity index (χ3v) is 2.34. The number of rotatable bonds is 2. The standard InChI is InChI=1S/C10H12N2O4/c1-12(14-2)10(13)6-3-8-9(4-7(6)11)16-5-15-8/h3-4H,5,11H2,1-2H3. The molecule has 0 saturated carbocycles. The molecule has 86 valence electrons. The third kappa shape index (κ3) is 1.63. The number of hydrogen-bond donors (Lipinski definition) is 1. The first-order valence-electron chi connectivity index (χ1n) is 4.64. The van der Waals surface area contributed by atoms with Crippen molar-refractivity contribution in [3.8, 4) is 11.5 Å². The van der Waals surface area contributed by atoms with E-state index in [4.69, 9.17) is 20.0 Å². The van der Waals surface area contributed by atoms with Gasteiger partial charge in [-0.3, -0.25) is 9.63 Å². The Morgan fingerprint density at radius 3 is 2.69 bits per heavy atom. The second kappa shape index (κ2) is 3.90. The highest BCUT2D eigenvalue weighted by molar-refractivity contribution is 5.99. The molecule has 1 aromatic rings. The van der Waals surface area contributed by atoms with Gasteiger partial charge in [-0.25, -0.2) is 5.06 Å². The largest absolute Gasteiger partial charge is 0.454 e. The van der Waals surface area contributed by atoms with Crippen molar-refractivity contribution in [2.75, 3.05) is 26.7 Å². The van der Waals surface area contributed by atoms with Gasteiger partial charge < -0.3 is 15.2 Å². The summed E-state index contributed by atoms with van der Waals surface area (Å²) in [6, 6.07) is 3.12. The average Bonchev–Trinajstić information content (AvgIpc) is 2.72. The van der Waals surface area contributed by atoms with Crippen molar-refractivity contribution in [3.63, 3.8) is 0 Å². The van der Waals surface area contributed by atoms with Gasteiger partial charge in [-0.05, 0) is 6.07 Å². The van der Waals surface area contributed by atoms with Crippen LogP contribution in [0, 0.1) is 0 Å². The lowest BCUT2D eigenvalue weighted by molar-refractivity contribution is -0.0756. The van der Waals surface area contributed by atoms with Crippen LogP contribution in [0.15, 0.2) is 12.1 Å². The molecule has 0 unspecified atom stereocenters. The number of anilines is 1. The number of hydrogen-bond acceptors (Lipinski definition) is 5. The van der Waals surface area contributed by atoms with Crippen LogP contribution in [0.2, 0.25) is 0 Å². The van der Waals surface area contributed by atoms with Gasteiger partial charge in [-0.15, -0.1) is 0 Å². The van der Waals surface area contributed by atoms with Crippen molar-refractivity contribution in [3.05, 3.63) is 17.7 Å². The van der Waals surface area contributed by atoms with E-state index in [9.17, 15) is 4.79 Å². The van der Waals surface area contributed by atoms with Crippen molar-refractivity contribution >= 4 is 11.6 Å². The van der Waals surface area contributed by atoms with Crippen LogP contribution in [-0.2, 0) is 4.84 Å². The minimum absolute atomic E-state index is 0.145. The zero-order valence-corrected chi connectivity index (χ0v) is 9.02. The molecule has 0 fully saturated rings. The molecule has 1 heterocycles. The summed E-state index contributed by atoms with van der Waals surface area (Å²) in [5, 5.41) is 1.09. The molecule has 1 amide bonds. The minimum atomic E-state index is -0.335. The lowest BCUT2D eigenvalue weighted by Gasteiger charge is -2.15. The number of benzene rings is 1. The van der Waals surface area contributed by atoms with Crippen molar-refractivity contribution < 1.29 is 19.1 Å². The maximum absolute atomic E-state index is 11.8. The van der Waals surface area contributed by atoms with Gasteiger partial charge in [0, 0.05) is 18.8 Å². The van der Waals surface area contributed by atoms with E-state index in [1.807, 2.05) is 0 Å². The predicted octanol–water partition coefficient (Wildman–Crippen LogP) is 0.631. The number of amides is 1. The molecule has 2 rings (SSSR count). The second-order valence-corrected chi connectivity index (χ2v) is 3.28. The molecule has 0 aliphatic carbocycles. The Morgan fingerprint density at radius 1 is 1.44 bits per heavy atom. The maximum atomic E-state index is 11.8. The normalized spacial score (nSPS) is 12.6. The van der Waals surface area contributed by atoms with Crippen LogP contribution < -0.4 is 15.2 Å². The fourth-order valence-corrected chi connectivity index (χ4v) is 1.40. The zero-order chi connectivity index (χ0) is 11.7. The Balaban J connectivity index is 2.38. The molecule has 1 aliphatic heterocycles. The fraction of sp³-hybridized carbons (Fsp3) is 0.300. The number of nitrogen functional groups attached to an aromatic ring is 1. The molecule has 1 aliphatic rings. The fourth-order valence-electron chi connectivity index (χ4n) is 1.40. The number of fused-ring (bicyclic) bond motifs is 1. The van der Waals surface area contributed by atoms with E-state index in [1.54, 1.807) is 12.1 Å². The summed E-state index contributed by atoms with van der Waals surface area (Å²) in [6.45, 7) is 0.145. The van der Waals surface area contributed by atoms with Gasteiger partial charge in [-0.2, -0.15) is 0 Å². The molecule has 0 atom stereocenters. The summed E-state index contributed by atoms with van der Waals surface area (Å²) in [5.41, 5.74) is 6.41. The molecule has 16 heavy (non-hydrogen) atoms. The number of hydroxylamine groups is 2. The molecular formula is C10H12N2O4. The maximum Gasteiger partial charge on any atom is 0.279 e. The van der Waals surface area contributed by atoms with Crippen molar-refractivity contribution in [2.45, 2.75) is 0 Å². The number of nitrogens with two attached hydrogens (primary N) is 1. The highest BCUT2D eigenvalue weighted by Crippen LogP contribution is 2.36. The summed E-state index contributed by atoms with van der Waals surface area (Å²) in [5.74, 6) is 0.731. The smallest absolute Gasteiger partial charge is 0.279 e. The van der Waals surface area contributed by atoms with Gasteiger partial charge >= 0.3 is 0 Å². The van der Waals surface area contributed by atoms with Crippen LogP contribution in [0.4, 0.5) is 5.69 Å². The molecule has 0 bridgehead atoms. The predicted molar refractivity (Wildman–Crippen MR) is 56.1 cm³/mol. The summed E-state index contributed by atoms with van der Waals surface area (Å²) in [6.07, 6.45) is 0. The number of carbonyl (C=O) groups is 1. The van der Waals surface area contributed by atoms with Crippen LogP contribution in [0.1, 0.15) is 10.4 Å². The minimum Gasteiger partial charge on any atom is -0.454 e. The monoisotopic (exact) mass is 224 g/mol. The summed E-state index contributed by atoms with van der Waals surface area (Å²) < 4.78 is 10.3. The van der Waals surface area contributed by atoms with Crippen LogP contribution in [-0.4, -0.2) is 31.9 Å². The Hall–Kier alpha value is -1.95. The Bertz CT molecular complexity index is 433. The van der Waals surface area contributed by atoms with Gasteiger partial charge in [0.05, 0.1) is 12.7 Å². The van der Waals surface area contributed by atoms with E-state index in [2.05, 4.69) is 0 Å². The molecule has 1 aromatic carbocycles. The van der Waals surface area contributed by atoms with E-state index in [0.717, 1.165) is 5.06 Å². The zero-order valence-electron chi connectivity index (χ0n) is 9.02. The first kappa shape index (κ1) is 10.6. The first-order valence-corrected chi connectivity index (χ1v) is 4.64. The summed E-state index contributed by atoms with van der Waals surface area (Å²) in [4.78, 5) is 16.6. The van der Waals surface area contributed by atoms with Crippen molar-refractivity contribution in [1.29, 1.82) is 0 Å². The molecule has 0 radical (unpaired) electrons. The SMILES string of the molecule is CON(C)C(=O)c1cc2c(cc1N)OCO2. The molecule has 0 spiro atoms. The Morgan fingerprint density at radius 2 is 2.06 bits per heavy atom. The number of nitrogens with zero attached hydrogens (tertiary/aromatic N) is 1. The van der Waals surface area contributed by atoms with Gasteiger partial charge in [0.15, 0.2) is 11.5 Å². The Kier molecular flexibility index (Phi) is 2.57. The quantitative estimate of drug-likeness (QED) is 0.589. The van der Waals surface area contributed by atoms with E-state index in [0.29, 0.717) is 22.7 Å². The first-order chi connectivity index (χ1) is 7.63. The lowest BCUT2D eigenvalue weighted by atomic mass is 10.1. The van der Waals surface area contributed by atoms with Crippen LogP contribution >= 0.6 is 0 Å². The van der Waals surface area contributed by atoms with E-state index >= 15 is 0 Å². The molecule has 6 heteroatoms. The number of carbonyl (C=O) groups excluding carboxylic acids is 1. The van der Waals surface area contributed by atoms with E-state index in [-0.39, 0.29) is 12.7 Å². The van der Waals surface area contributed by atoms with Gasteiger partial charge in [0.1, 0.15) is 0 Å². The van der Waals surface area contributed by atoms with Crippen LogP contribution in [0.3, 0.4) is 0 Å². The Labute approximate surface area is 92.4 Å². The van der Waals surface area contributed by atoms with Crippen LogP contribution in [0.25, 0.3) is 0 Å². The lowest BCUT2D eigenvalue weighted by Crippen LogP contribution is -2.26. The van der Waals surface area contributed by atoms with E-state index < -0.39 is 0 Å². The topological polar surface area (TPSA) is 74.0 Å². The average molecular weight is 224 g/mol. The van der Waals surface area contributed by atoms with E-state index in [1.165, 1.54) is 14.2 Å². The molecule has 2 N–H and O–H groups in total. The summed E-state index contributed by atoms with van der Waals surface area (Å²) >= 11 is 0. The molecule has 6 nitrogen and oxygen atoms in total.